The van der Waals surface area contributed by atoms with Crippen LogP contribution in [0.3, 0.4) is 0 Å². The maximum atomic E-state index is 10.6. The van der Waals surface area contributed by atoms with Gasteiger partial charge in [-0.05, 0) is 12.8 Å². The molecular formula is C9H19O4P. The Morgan fingerprint density at radius 1 is 1.14 bits per heavy atom. The zero-order valence-corrected chi connectivity index (χ0v) is 10.5. The molecule has 0 aliphatic heterocycles. The summed E-state index contributed by atoms with van der Waals surface area (Å²) < 4.78 is 8.63. The topological polar surface area (TPSA) is 52.6 Å². The van der Waals surface area contributed by atoms with E-state index in [1.54, 1.807) is 0 Å². The summed E-state index contributed by atoms with van der Waals surface area (Å²) in [5, 5.41) is 0. The molecule has 4 nitrogen and oxygen atoms in total. The van der Waals surface area contributed by atoms with Crippen molar-refractivity contribution in [3.63, 3.8) is 0 Å². The Kier molecular flexibility index (Phi) is 10.1. The number of ether oxygens (including phenoxy) is 2. The van der Waals surface area contributed by atoms with Gasteiger partial charge in [0.2, 0.25) is 0 Å². The molecule has 0 aromatic carbocycles. The van der Waals surface area contributed by atoms with E-state index in [9.17, 15) is 9.59 Å². The number of esters is 2. The van der Waals surface area contributed by atoms with Crippen molar-refractivity contribution >= 4 is 21.8 Å². The van der Waals surface area contributed by atoms with Crippen LogP contribution in [0.1, 0.15) is 26.2 Å². The van der Waals surface area contributed by atoms with Crippen molar-refractivity contribution in [2.45, 2.75) is 26.2 Å². The molecule has 5 heteroatoms. The Labute approximate surface area is 88.0 Å². The Hall–Kier alpha value is -0.630. The third-order valence-electron chi connectivity index (χ3n) is 1.93. The molecule has 0 amide bonds. The van der Waals surface area contributed by atoms with Gasteiger partial charge in [-0.15, -0.1) is 0 Å². The fourth-order valence-corrected chi connectivity index (χ4v) is 0.811. The number of rotatable bonds is 1. The molecule has 0 N–H and O–H groups in total. The minimum atomic E-state index is -0.245. The molecule has 0 bridgehead atoms. The minimum absolute atomic E-state index is 0. The summed E-state index contributed by atoms with van der Waals surface area (Å²) in [6.45, 7) is 1.36. The normalized spacial score (nSPS) is 13.6. The van der Waals surface area contributed by atoms with Crippen molar-refractivity contribution < 1.29 is 19.1 Å². The van der Waals surface area contributed by atoms with Crippen LogP contribution in [0.5, 0.6) is 0 Å². The molecule has 1 aliphatic rings. The van der Waals surface area contributed by atoms with Gasteiger partial charge in [-0.3, -0.25) is 9.59 Å². The predicted molar refractivity (Wildman–Crippen MR) is 58.2 cm³/mol. The third kappa shape index (κ3) is 6.84. The van der Waals surface area contributed by atoms with Crippen LogP contribution >= 0.6 is 9.90 Å². The van der Waals surface area contributed by atoms with Crippen LogP contribution in [0.4, 0.5) is 0 Å². The Morgan fingerprint density at radius 2 is 1.57 bits per heavy atom. The molecule has 0 spiro atoms. The van der Waals surface area contributed by atoms with E-state index in [1.165, 1.54) is 27.6 Å². The van der Waals surface area contributed by atoms with Gasteiger partial charge in [-0.2, -0.15) is 9.90 Å². The highest BCUT2D eigenvalue weighted by molar-refractivity contribution is 6.92. The van der Waals surface area contributed by atoms with E-state index in [0.717, 1.165) is 12.8 Å². The molecule has 1 atom stereocenters. The minimum Gasteiger partial charge on any atom is -0.469 e. The second kappa shape index (κ2) is 8.95. The molecule has 1 rings (SSSR count). The summed E-state index contributed by atoms with van der Waals surface area (Å²) in [5.74, 6) is -0.0405. The van der Waals surface area contributed by atoms with Gasteiger partial charge >= 0.3 is 11.9 Å². The Balaban J connectivity index is 0. The second-order valence-electron chi connectivity index (χ2n) is 2.85. The standard InChI is InChI=1S/C6H10O2.C3H6O2.H3P/c1-8-6(7)5-3-2-4-5;1-3(4)5-2;/h5H,2-4H2,1H3;1-2H3;1H3. The summed E-state index contributed by atoms with van der Waals surface area (Å²) in [7, 11) is 2.79. The van der Waals surface area contributed by atoms with E-state index in [1.807, 2.05) is 0 Å². The average Bonchev–Trinajstić information content (AvgIpc) is 2.02. The molecule has 1 saturated carbocycles. The summed E-state index contributed by atoms with van der Waals surface area (Å²) in [6.07, 6.45) is 3.26. The first-order valence-electron chi connectivity index (χ1n) is 4.24. The molecule has 1 aliphatic carbocycles. The maximum Gasteiger partial charge on any atom is 0.308 e. The van der Waals surface area contributed by atoms with Crippen LogP contribution in [0.2, 0.25) is 0 Å². The van der Waals surface area contributed by atoms with Gasteiger partial charge in [0.25, 0.3) is 0 Å². The molecule has 1 fully saturated rings. The number of hydrogen-bond donors (Lipinski definition) is 0. The van der Waals surface area contributed by atoms with Crippen molar-refractivity contribution in [3.8, 4) is 0 Å². The molecule has 14 heavy (non-hydrogen) atoms. The van der Waals surface area contributed by atoms with Gasteiger partial charge in [-0.1, -0.05) is 6.42 Å². The molecule has 0 heterocycles. The second-order valence-corrected chi connectivity index (χ2v) is 2.85. The summed E-state index contributed by atoms with van der Waals surface area (Å²) >= 11 is 0. The van der Waals surface area contributed by atoms with Crippen molar-refractivity contribution in [1.29, 1.82) is 0 Å². The van der Waals surface area contributed by atoms with Gasteiger partial charge < -0.3 is 9.47 Å². The molecule has 0 aromatic heterocycles. The zero-order chi connectivity index (χ0) is 10.3. The monoisotopic (exact) mass is 222 g/mol. The first kappa shape index (κ1) is 15.8. The van der Waals surface area contributed by atoms with Gasteiger partial charge in [0.1, 0.15) is 0 Å². The zero-order valence-electron chi connectivity index (χ0n) is 9.04. The Morgan fingerprint density at radius 3 is 1.64 bits per heavy atom. The summed E-state index contributed by atoms with van der Waals surface area (Å²) in [6, 6.07) is 0. The van der Waals surface area contributed by atoms with Crippen LogP contribution in [0.25, 0.3) is 0 Å². The van der Waals surface area contributed by atoms with Crippen LogP contribution in [0, 0.1) is 5.92 Å². The molecule has 0 aromatic rings. The van der Waals surface area contributed by atoms with Crippen LogP contribution in [-0.4, -0.2) is 26.2 Å². The largest absolute Gasteiger partial charge is 0.469 e. The lowest BCUT2D eigenvalue weighted by Gasteiger charge is -2.21. The van der Waals surface area contributed by atoms with E-state index in [4.69, 9.17) is 0 Å². The highest BCUT2D eigenvalue weighted by Crippen LogP contribution is 2.26. The molecule has 1 unspecified atom stereocenters. The van der Waals surface area contributed by atoms with Gasteiger partial charge in [-0.25, -0.2) is 0 Å². The first-order chi connectivity index (χ1) is 6.11. The summed E-state index contributed by atoms with van der Waals surface area (Å²) in [5.41, 5.74) is 0. The fraction of sp³-hybridized carbons (Fsp3) is 0.778. The lowest BCUT2D eigenvalue weighted by atomic mass is 9.86. The van der Waals surface area contributed by atoms with Crippen molar-refractivity contribution in [2.75, 3.05) is 14.2 Å². The van der Waals surface area contributed by atoms with Gasteiger partial charge in [0, 0.05) is 6.92 Å². The number of carbonyl (C=O) groups excluding carboxylic acids is 2. The molecule has 84 valence electrons. The third-order valence-corrected chi connectivity index (χ3v) is 1.93. The lowest BCUT2D eigenvalue weighted by Crippen LogP contribution is -2.22. The lowest BCUT2D eigenvalue weighted by molar-refractivity contribution is -0.148. The maximum absolute atomic E-state index is 10.6. The van der Waals surface area contributed by atoms with E-state index >= 15 is 0 Å². The first-order valence-corrected chi connectivity index (χ1v) is 4.24. The van der Waals surface area contributed by atoms with Crippen molar-refractivity contribution in [3.05, 3.63) is 0 Å². The van der Waals surface area contributed by atoms with Crippen molar-refractivity contribution in [2.24, 2.45) is 5.92 Å². The molecule has 0 radical (unpaired) electrons. The summed E-state index contributed by atoms with van der Waals surface area (Å²) in [4.78, 5) is 20.2. The van der Waals surface area contributed by atoms with E-state index < -0.39 is 0 Å². The predicted octanol–water partition coefficient (Wildman–Crippen LogP) is 1.20. The highest BCUT2D eigenvalue weighted by atomic mass is 31.0. The quantitative estimate of drug-likeness (QED) is 0.494. The fourth-order valence-electron chi connectivity index (χ4n) is 0.811. The smallest absolute Gasteiger partial charge is 0.308 e. The van der Waals surface area contributed by atoms with Crippen molar-refractivity contribution in [1.82, 2.24) is 0 Å². The highest BCUT2D eigenvalue weighted by Gasteiger charge is 2.25. The van der Waals surface area contributed by atoms with Crippen LogP contribution in [0.15, 0.2) is 0 Å². The SMILES string of the molecule is COC(=O)C1CCC1.COC(C)=O.P. The molecular weight excluding hydrogens is 203 g/mol. The van der Waals surface area contributed by atoms with Crippen LogP contribution < -0.4 is 0 Å². The number of carbonyl (C=O) groups is 2. The van der Waals surface area contributed by atoms with Gasteiger partial charge in [0.05, 0.1) is 20.1 Å². The van der Waals surface area contributed by atoms with Gasteiger partial charge in [0.15, 0.2) is 0 Å². The number of hydrogen-bond acceptors (Lipinski definition) is 4. The van der Waals surface area contributed by atoms with E-state index in [-0.39, 0.29) is 27.8 Å². The molecule has 0 saturated heterocycles. The average molecular weight is 222 g/mol. The van der Waals surface area contributed by atoms with Crippen LogP contribution in [-0.2, 0) is 19.1 Å². The Bertz CT molecular complexity index is 178. The van der Waals surface area contributed by atoms with E-state index in [0.29, 0.717) is 0 Å². The van der Waals surface area contributed by atoms with E-state index in [2.05, 4.69) is 9.47 Å². The number of methoxy groups -OCH3 is 2.